The third-order valence-electron chi connectivity index (χ3n) is 4.19. The summed E-state index contributed by atoms with van der Waals surface area (Å²) in [6, 6.07) is 3.59. The summed E-state index contributed by atoms with van der Waals surface area (Å²) in [6.45, 7) is 6.21. The number of hydrogen-bond acceptors (Lipinski definition) is 3. The average Bonchev–Trinajstić information content (AvgIpc) is 2.81. The van der Waals surface area contributed by atoms with Gasteiger partial charge in [-0.2, -0.15) is 0 Å². The highest BCUT2D eigenvalue weighted by Crippen LogP contribution is 2.32. The number of carbonyl (C=O) groups is 2. The normalized spacial score (nSPS) is 21.4. The average molecular weight is 291 g/mol. The lowest BCUT2D eigenvalue weighted by atomic mass is 9.90. The van der Waals surface area contributed by atoms with Gasteiger partial charge in [-0.25, -0.2) is 0 Å². The van der Waals surface area contributed by atoms with Gasteiger partial charge in [0.05, 0.1) is 12.5 Å². The van der Waals surface area contributed by atoms with Crippen LogP contribution in [0.15, 0.2) is 12.1 Å². The minimum absolute atomic E-state index is 0.117. The number of benzene rings is 1. The molecule has 1 N–H and O–H groups in total. The topological polar surface area (TPSA) is 66.8 Å². The Morgan fingerprint density at radius 2 is 1.86 bits per heavy atom. The van der Waals surface area contributed by atoms with E-state index in [9.17, 15) is 14.7 Å². The lowest BCUT2D eigenvalue weighted by Crippen LogP contribution is -2.34. The SMILES string of the molecule is COc1c(C)cc(C(=O)N2CC[C@@](C)(C(=O)O)C2)cc1C. The molecule has 21 heavy (non-hydrogen) atoms. The van der Waals surface area contributed by atoms with E-state index in [1.807, 2.05) is 13.8 Å². The van der Waals surface area contributed by atoms with Crippen LogP contribution >= 0.6 is 0 Å². The summed E-state index contributed by atoms with van der Waals surface area (Å²) in [6.07, 6.45) is 0.488. The van der Waals surface area contributed by atoms with Gasteiger partial charge >= 0.3 is 5.97 Å². The van der Waals surface area contributed by atoms with Crippen molar-refractivity contribution in [3.05, 3.63) is 28.8 Å². The molecule has 5 nitrogen and oxygen atoms in total. The number of carboxylic acid groups (broad SMARTS) is 1. The number of aryl methyl sites for hydroxylation is 2. The Kier molecular flexibility index (Phi) is 3.94. The van der Waals surface area contributed by atoms with E-state index in [4.69, 9.17) is 4.74 Å². The molecule has 1 heterocycles. The summed E-state index contributed by atoms with van der Waals surface area (Å²) in [5, 5.41) is 9.24. The second-order valence-corrected chi connectivity index (χ2v) is 5.99. The molecule has 0 spiro atoms. The highest BCUT2D eigenvalue weighted by molar-refractivity contribution is 5.95. The fourth-order valence-corrected chi connectivity index (χ4v) is 2.89. The Hall–Kier alpha value is -2.04. The van der Waals surface area contributed by atoms with Crippen molar-refractivity contribution in [3.8, 4) is 5.75 Å². The third-order valence-corrected chi connectivity index (χ3v) is 4.19. The van der Waals surface area contributed by atoms with Crippen molar-refractivity contribution in [1.82, 2.24) is 4.90 Å². The number of amides is 1. The molecule has 2 rings (SSSR count). The Morgan fingerprint density at radius 1 is 1.29 bits per heavy atom. The zero-order valence-corrected chi connectivity index (χ0v) is 12.9. The first-order valence-electron chi connectivity index (χ1n) is 6.96. The fourth-order valence-electron chi connectivity index (χ4n) is 2.89. The molecular weight excluding hydrogens is 270 g/mol. The number of aliphatic carboxylic acids is 1. The predicted octanol–water partition coefficient (Wildman–Crippen LogP) is 2.25. The maximum atomic E-state index is 12.6. The molecule has 1 amide bonds. The zero-order valence-electron chi connectivity index (χ0n) is 12.9. The van der Waals surface area contributed by atoms with Crippen LogP contribution in [0.2, 0.25) is 0 Å². The number of rotatable bonds is 3. The van der Waals surface area contributed by atoms with E-state index in [0.717, 1.165) is 16.9 Å². The van der Waals surface area contributed by atoms with Gasteiger partial charge in [-0.3, -0.25) is 9.59 Å². The summed E-state index contributed by atoms with van der Waals surface area (Å²) in [5.74, 6) is -0.183. The van der Waals surface area contributed by atoms with Gasteiger partial charge in [-0.05, 0) is 50.5 Å². The molecule has 1 aliphatic heterocycles. The number of likely N-dealkylation sites (tertiary alicyclic amines) is 1. The Bertz CT molecular complexity index is 573. The van der Waals surface area contributed by atoms with Gasteiger partial charge in [0.25, 0.3) is 5.91 Å². The van der Waals surface area contributed by atoms with Crippen LogP contribution in [-0.4, -0.2) is 42.1 Å². The molecule has 1 fully saturated rings. The number of nitrogens with zero attached hydrogens (tertiary/aromatic N) is 1. The Morgan fingerprint density at radius 3 is 2.29 bits per heavy atom. The summed E-state index contributed by atoms with van der Waals surface area (Å²) in [5.41, 5.74) is 1.55. The van der Waals surface area contributed by atoms with E-state index < -0.39 is 11.4 Å². The van der Waals surface area contributed by atoms with Gasteiger partial charge < -0.3 is 14.7 Å². The van der Waals surface area contributed by atoms with Gasteiger partial charge in [0.15, 0.2) is 0 Å². The lowest BCUT2D eigenvalue weighted by molar-refractivity contribution is -0.147. The molecule has 0 aliphatic carbocycles. The first-order chi connectivity index (χ1) is 9.78. The molecule has 0 unspecified atom stereocenters. The minimum Gasteiger partial charge on any atom is -0.496 e. The van der Waals surface area contributed by atoms with Crippen LogP contribution < -0.4 is 4.74 Å². The van der Waals surface area contributed by atoms with Crippen molar-refractivity contribution < 1.29 is 19.4 Å². The molecule has 1 saturated heterocycles. The van der Waals surface area contributed by atoms with Crippen LogP contribution in [-0.2, 0) is 4.79 Å². The van der Waals surface area contributed by atoms with E-state index in [1.54, 1.807) is 31.1 Å². The molecule has 5 heteroatoms. The number of hydrogen-bond donors (Lipinski definition) is 1. The third kappa shape index (κ3) is 2.73. The number of methoxy groups -OCH3 is 1. The molecule has 1 aliphatic rings. The molecule has 1 aromatic rings. The zero-order chi connectivity index (χ0) is 15.8. The Balaban J connectivity index is 2.24. The van der Waals surface area contributed by atoms with Crippen LogP contribution in [0.1, 0.15) is 34.8 Å². The number of carbonyl (C=O) groups excluding carboxylic acids is 1. The lowest BCUT2D eigenvalue weighted by Gasteiger charge is -2.21. The smallest absolute Gasteiger partial charge is 0.311 e. The molecule has 114 valence electrons. The van der Waals surface area contributed by atoms with Crippen molar-refractivity contribution in [2.45, 2.75) is 27.2 Å². The van der Waals surface area contributed by atoms with Crippen molar-refractivity contribution in [3.63, 3.8) is 0 Å². The number of ether oxygens (including phenoxy) is 1. The van der Waals surface area contributed by atoms with Crippen molar-refractivity contribution >= 4 is 11.9 Å². The van der Waals surface area contributed by atoms with Gasteiger partial charge in [0.2, 0.25) is 0 Å². The largest absolute Gasteiger partial charge is 0.496 e. The van der Waals surface area contributed by atoms with Crippen LogP contribution in [0.5, 0.6) is 5.75 Å². The predicted molar refractivity (Wildman–Crippen MR) is 78.7 cm³/mol. The summed E-state index contributed by atoms with van der Waals surface area (Å²) >= 11 is 0. The van der Waals surface area contributed by atoms with Crippen LogP contribution in [0.25, 0.3) is 0 Å². The van der Waals surface area contributed by atoms with Crippen molar-refractivity contribution in [2.24, 2.45) is 5.41 Å². The second-order valence-electron chi connectivity index (χ2n) is 5.99. The Labute approximate surface area is 124 Å². The maximum Gasteiger partial charge on any atom is 0.311 e. The highest BCUT2D eigenvalue weighted by atomic mass is 16.5. The molecule has 1 aromatic carbocycles. The van der Waals surface area contributed by atoms with Gasteiger partial charge in [0, 0.05) is 18.7 Å². The van der Waals surface area contributed by atoms with E-state index >= 15 is 0 Å². The molecule has 0 saturated carbocycles. The molecular formula is C16H21NO4. The van der Waals surface area contributed by atoms with Gasteiger partial charge in [-0.1, -0.05) is 0 Å². The van der Waals surface area contributed by atoms with Crippen LogP contribution in [0, 0.1) is 19.3 Å². The van der Waals surface area contributed by atoms with Gasteiger partial charge in [0.1, 0.15) is 5.75 Å². The summed E-state index contributed by atoms with van der Waals surface area (Å²) < 4.78 is 5.30. The van der Waals surface area contributed by atoms with E-state index in [-0.39, 0.29) is 12.5 Å². The quantitative estimate of drug-likeness (QED) is 0.927. The van der Waals surface area contributed by atoms with E-state index in [2.05, 4.69) is 0 Å². The highest BCUT2D eigenvalue weighted by Gasteiger charge is 2.42. The minimum atomic E-state index is -0.847. The monoisotopic (exact) mass is 291 g/mol. The van der Waals surface area contributed by atoms with E-state index in [1.165, 1.54) is 0 Å². The van der Waals surface area contributed by atoms with Crippen molar-refractivity contribution in [1.29, 1.82) is 0 Å². The first kappa shape index (κ1) is 15.4. The second kappa shape index (κ2) is 5.39. The van der Waals surface area contributed by atoms with Crippen molar-refractivity contribution in [2.75, 3.05) is 20.2 Å². The summed E-state index contributed by atoms with van der Waals surface area (Å²) in [7, 11) is 1.61. The van der Waals surface area contributed by atoms with Crippen LogP contribution in [0.4, 0.5) is 0 Å². The molecule has 0 radical (unpaired) electrons. The number of carboxylic acids is 1. The van der Waals surface area contributed by atoms with E-state index in [0.29, 0.717) is 18.5 Å². The molecule has 0 bridgehead atoms. The first-order valence-corrected chi connectivity index (χ1v) is 6.96. The molecule has 1 atom stereocenters. The maximum absolute atomic E-state index is 12.6. The van der Waals surface area contributed by atoms with Gasteiger partial charge in [-0.15, -0.1) is 0 Å². The fraction of sp³-hybridized carbons (Fsp3) is 0.500. The summed E-state index contributed by atoms with van der Waals surface area (Å²) in [4.78, 5) is 25.4. The molecule has 0 aromatic heterocycles. The standard InChI is InChI=1S/C16H21NO4/c1-10-7-12(8-11(2)13(10)21-4)14(18)17-6-5-16(3,9-17)15(19)20/h7-8H,5-6,9H2,1-4H3,(H,19,20)/t16-/m1/s1. The van der Waals surface area contributed by atoms with Crippen LogP contribution in [0.3, 0.4) is 0 Å².